The third-order valence-corrected chi connectivity index (χ3v) is 4.22. The van der Waals surface area contributed by atoms with Gasteiger partial charge < -0.3 is 15.7 Å². The lowest BCUT2D eigenvalue weighted by molar-refractivity contribution is 0.130. The molecule has 0 radical (unpaired) electrons. The van der Waals surface area contributed by atoms with Gasteiger partial charge in [-0.1, -0.05) is 20.3 Å². The second kappa shape index (κ2) is 7.10. The van der Waals surface area contributed by atoms with Gasteiger partial charge in [0.1, 0.15) is 0 Å². The molecule has 0 amide bonds. The summed E-state index contributed by atoms with van der Waals surface area (Å²) < 4.78 is 0. The van der Waals surface area contributed by atoms with Crippen LogP contribution in [0.5, 0.6) is 0 Å². The highest BCUT2D eigenvalue weighted by Crippen LogP contribution is 2.23. The second-order valence-corrected chi connectivity index (χ2v) is 6.22. The molecule has 4 N–H and O–H groups in total. The zero-order valence-electron chi connectivity index (χ0n) is 11.9. The summed E-state index contributed by atoms with van der Waals surface area (Å²) >= 11 is 0. The smallest absolute Gasteiger partial charge is 0.0963 e. The van der Waals surface area contributed by atoms with Crippen LogP contribution in [0.3, 0.4) is 0 Å². The van der Waals surface area contributed by atoms with Gasteiger partial charge in [0.25, 0.3) is 0 Å². The predicted molar refractivity (Wildman–Crippen MR) is 75.8 cm³/mol. The van der Waals surface area contributed by atoms with Crippen molar-refractivity contribution in [2.24, 2.45) is 17.1 Å². The number of piperidine rings is 1. The summed E-state index contributed by atoms with van der Waals surface area (Å²) in [5.74, 6) is 0.823. The van der Waals surface area contributed by atoms with Crippen molar-refractivity contribution in [3.63, 3.8) is 0 Å². The Morgan fingerprint density at radius 1 is 1.33 bits per heavy atom. The first-order valence-electron chi connectivity index (χ1n) is 7.13. The standard InChI is InChI=1S/C14H29N3O/c1-14(2,13(15)16)7-3-4-8-17-9-5-12(11-18)6-10-17/h12,18H,3-11H2,1-2H3,(H3,15,16). The number of amidine groups is 1. The van der Waals surface area contributed by atoms with Crippen LogP contribution < -0.4 is 5.73 Å². The number of nitrogens with two attached hydrogens (primary N) is 1. The van der Waals surface area contributed by atoms with Gasteiger partial charge in [-0.05, 0) is 51.2 Å². The van der Waals surface area contributed by atoms with E-state index in [9.17, 15) is 0 Å². The molecule has 1 aliphatic rings. The zero-order chi connectivity index (χ0) is 13.6. The first-order valence-corrected chi connectivity index (χ1v) is 7.13. The molecule has 4 heteroatoms. The van der Waals surface area contributed by atoms with Crippen molar-refractivity contribution in [2.75, 3.05) is 26.2 Å². The van der Waals surface area contributed by atoms with E-state index in [1.807, 2.05) is 13.8 Å². The zero-order valence-corrected chi connectivity index (χ0v) is 11.9. The first-order chi connectivity index (χ1) is 8.45. The number of aliphatic hydroxyl groups is 1. The summed E-state index contributed by atoms with van der Waals surface area (Å²) in [4.78, 5) is 2.49. The van der Waals surface area contributed by atoms with Gasteiger partial charge in [0.2, 0.25) is 0 Å². The van der Waals surface area contributed by atoms with Gasteiger partial charge in [-0.2, -0.15) is 0 Å². The Bertz CT molecular complexity index is 258. The Kier molecular flexibility index (Phi) is 6.09. The summed E-state index contributed by atoms with van der Waals surface area (Å²) in [6.07, 6.45) is 5.58. The number of hydrogen-bond acceptors (Lipinski definition) is 3. The quantitative estimate of drug-likeness (QED) is 0.369. The van der Waals surface area contributed by atoms with E-state index in [2.05, 4.69) is 4.90 Å². The highest BCUT2D eigenvalue weighted by Gasteiger charge is 2.21. The molecule has 0 aromatic rings. The molecule has 1 fully saturated rings. The van der Waals surface area contributed by atoms with Crippen LogP contribution >= 0.6 is 0 Å². The number of rotatable bonds is 7. The fourth-order valence-electron chi connectivity index (χ4n) is 2.43. The maximum Gasteiger partial charge on any atom is 0.0963 e. The van der Waals surface area contributed by atoms with Crippen LogP contribution in [0.1, 0.15) is 46.0 Å². The minimum absolute atomic E-state index is 0.149. The van der Waals surface area contributed by atoms with Gasteiger partial charge in [0.05, 0.1) is 5.84 Å². The molecule has 0 aliphatic carbocycles. The third kappa shape index (κ3) is 4.94. The van der Waals surface area contributed by atoms with Gasteiger partial charge in [-0.3, -0.25) is 5.41 Å². The normalized spacial score (nSPS) is 19.1. The monoisotopic (exact) mass is 255 g/mol. The Balaban J connectivity index is 2.10. The molecule has 0 aromatic heterocycles. The lowest BCUT2D eigenvalue weighted by Crippen LogP contribution is -2.35. The SMILES string of the molecule is CC(C)(CCCCN1CCC(CO)CC1)C(=N)N. The molecule has 0 atom stereocenters. The number of likely N-dealkylation sites (tertiary alicyclic amines) is 1. The molecular formula is C14H29N3O. The lowest BCUT2D eigenvalue weighted by atomic mass is 9.86. The first kappa shape index (κ1) is 15.4. The average Bonchev–Trinajstić information content (AvgIpc) is 2.35. The van der Waals surface area contributed by atoms with Crippen molar-refractivity contribution in [3.05, 3.63) is 0 Å². The van der Waals surface area contributed by atoms with E-state index in [4.69, 9.17) is 16.2 Å². The molecule has 1 rings (SSSR count). The topological polar surface area (TPSA) is 73.3 Å². The summed E-state index contributed by atoms with van der Waals surface area (Å²) in [5, 5.41) is 16.6. The van der Waals surface area contributed by atoms with Gasteiger partial charge >= 0.3 is 0 Å². The molecule has 0 bridgehead atoms. The fraction of sp³-hybridized carbons (Fsp3) is 0.929. The largest absolute Gasteiger partial charge is 0.396 e. The van der Waals surface area contributed by atoms with Gasteiger partial charge in [-0.15, -0.1) is 0 Å². The van der Waals surface area contributed by atoms with Crippen LogP contribution in [0.2, 0.25) is 0 Å². The number of aliphatic hydroxyl groups excluding tert-OH is 1. The predicted octanol–water partition coefficient (Wildman–Crippen LogP) is 1.82. The van der Waals surface area contributed by atoms with E-state index >= 15 is 0 Å². The van der Waals surface area contributed by atoms with Crippen molar-refractivity contribution in [2.45, 2.75) is 46.0 Å². The number of nitrogens with one attached hydrogen (secondary N) is 1. The molecule has 0 unspecified atom stereocenters. The van der Waals surface area contributed by atoms with E-state index in [0.717, 1.165) is 45.3 Å². The Morgan fingerprint density at radius 2 is 1.94 bits per heavy atom. The lowest BCUT2D eigenvalue weighted by Gasteiger charge is -2.31. The summed E-state index contributed by atoms with van der Waals surface area (Å²) in [6.45, 7) is 7.83. The van der Waals surface area contributed by atoms with E-state index < -0.39 is 0 Å². The molecule has 1 aliphatic heterocycles. The Labute approximate surface area is 111 Å². The number of hydrogen-bond donors (Lipinski definition) is 3. The van der Waals surface area contributed by atoms with Gasteiger partial charge in [0, 0.05) is 12.0 Å². The van der Waals surface area contributed by atoms with Crippen molar-refractivity contribution < 1.29 is 5.11 Å². The molecule has 18 heavy (non-hydrogen) atoms. The second-order valence-electron chi connectivity index (χ2n) is 6.22. The summed E-state index contributed by atoms with van der Waals surface area (Å²) in [7, 11) is 0. The van der Waals surface area contributed by atoms with Crippen LogP contribution in [0.15, 0.2) is 0 Å². The minimum atomic E-state index is -0.149. The van der Waals surface area contributed by atoms with E-state index in [1.54, 1.807) is 0 Å². The molecule has 1 heterocycles. The van der Waals surface area contributed by atoms with Crippen LogP contribution in [-0.4, -0.2) is 42.1 Å². The van der Waals surface area contributed by atoms with Crippen LogP contribution in [0.4, 0.5) is 0 Å². The van der Waals surface area contributed by atoms with E-state index in [0.29, 0.717) is 18.4 Å². The fourth-order valence-corrected chi connectivity index (χ4v) is 2.43. The van der Waals surface area contributed by atoms with Crippen molar-refractivity contribution in [3.8, 4) is 0 Å². The molecular weight excluding hydrogens is 226 g/mol. The maximum absolute atomic E-state index is 9.08. The molecule has 0 saturated carbocycles. The number of unbranched alkanes of at least 4 members (excludes halogenated alkanes) is 1. The highest BCUT2D eigenvalue weighted by atomic mass is 16.3. The molecule has 4 nitrogen and oxygen atoms in total. The van der Waals surface area contributed by atoms with Crippen LogP contribution in [0.25, 0.3) is 0 Å². The highest BCUT2D eigenvalue weighted by molar-refractivity contribution is 5.82. The average molecular weight is 255 g/mol. The van der Waals surface area contributed by atoms with E-state index in [1.165, 1.54) is 6.42 Å². The Hall–Kier alpha value is -0.610. The summed E-state index contributed by atoms with van der Waals surface area (Å²) in [6, 6.07) is 0. The molecule has 106 valence electrons. The van der Waals surface area contributed by atoms with Gasteiger partial charge in [0.15, 0.2) is 0 Å². The van der Waals surface area contributed by atoms with Crippen molar-refractivity contribution in [1.82, 2.24) is 4.90 Å². The number of nitrogens with zero attached hydrogens (tertiary/aromatic N) is 1. The Morgan fingerprint density at radius 3 is 2.44 bits per heavy atom. The van der Waals surface area contributed by atoms with E-state index in [-0.39, 0.29) is 5.41 Å². The molecule has 1 saturated heterocycles. The van der Waals surface area contributed by atoms with Crippen molar-refractivity contribution >= 4 is 5.84 Å². The van der Waals surface area contributed by atoms with Gasteiger partial charge in [-0.25, -0.2) is 0 Å². The molecule has 0 spiro atoms. The van der Waals surface area contributed by atoms with Crippen LogP contribution in [-0.2, 0) is 0 Å². The minimum Gasteiger partial charge on any atom is -0.396 e. The third-order valence-electron chi connectivity index (χ3n) is 4.22. The molecule has 0 aromatic carbocycles. The maximum atomic E-state index is 9.08. The summed E-state index contributed by atoms with van der Waals surface area (Å²) in [5.41, 5.74) is 5.43. The van der Waals surface area contributed by atoms with Crippen LogP contribution in [0, 0.1) is 16.7 Å². The van der Waals surface area contributed by atoms with Crippen molar-refractivity contribution in [1.29, 1.82) is 5.41 Å².